The second-order valence-corrected chi connectivity index (χ2v) is 12.9. The van der Waals surface area contributed by atoms with Crippen molar-refractivity contribution in [1.29, 1.82) is 0 Å². The van der Waals surface area contributed by atoms with E-state index in [0.717, 1.165) is 39.3 Å². The van der Waals surface area contributed by atoms with Gasteiger partial charge in [0.2, 0.25) is 0 Å². The molecule has 0 atom stereocenters. The molecule has 0 radical (unpaired) electrons. The second kappa shape index (κ2) is 38.0. The van der Waals surface area contributed by atoms with Crippen LogP contribution in [0.2, 0.25) is 0 Å². The minimum Gasteiger partial charge on any atom is -0.380 e. The number of hydrogen-bond donors (Lipinski definition) is 0. The van der Waals surface area contributed by atoms with Gasteiger partial charge >= 0.3 is 0 Å². The van der Waals surface area contributed by atoms with Crippen LogP contribution in [0.25, 0.3) is 0 Å². The van der Waals surface area contributed by atoms with Crippen molar-refractivity contribution >= 4 is 0 Å². The Morgan fingerprint density at radius 1 is 0.409 bits per heavy atom. The lowest BCUT2D eigenvalue weighted by molar-refractivity contribution is 0.0197. The Kier molecular flexibility index (Phi) is 37.0. The molecule has 3 heteroatoms. The first-order chi connectivity index (χ1) is 21.7. The third-order valence-corrected chi connectivity index (χ3v) is 8.33. The molecule has 258 valence electrons. The van der Waals surface area contributed by atoms with Gasteiger partial charge in [0.1, 0.15) is 0 Å². The van der Waals surface area contributed by atoms with E-state index < -0.39 is 0 Å². The zero-order chi connectivity index (χ0) is 32.0. The smallest absolute Gasteiger partial charge is 0.0644 e. The summed E-state index contributed by atoms with van der Waals surface area (Å²) >= 11 is 0. The lowest BCUT2D eigenvalue weighted by Crippen LogP contribution is -2.37. The summed E-state index contributed by atoms with van der Waals surface area (Å²) in [6.07, 6.45) is 49.6. The van der Waals surface area contributed by atoms with Crippen LogP contribution in [0.4, 0.5) is 0 Å². The van der Waals surface area contributed by atoms with Crippen molar-refractivity contribution in [2.24, 2.45) is 0 Å². The van der Waals surface area contributed by atoms with E-state index in [1.165, 1.54) is 141 Å². The van der Waals surface area contributed by atoms with Gasteiger partial charge in [0.25, 0.3) is 0 Å². The summed E-state index contributed by atoms with van der Waals surface area (Å²) in [5.41, 5.74) is 0. The summed E-state index contributed by atoms with van der Waals surface area (Å²) in [6.45, 7) is 7.84. The topological polar surface area (TPSA) is 21.7 Å². The molecule has 0 amide bonds. The first-order valence-electron chi connectivity index (χ1n) is 19.1. The van der Waals surface area contributed by atoms with Gasteiger partial charge in [-0.05, 0) is 91.1 Å². The van der Waals surface area contributed by atoms with Gasteiger partial charge in [0.15, 0.2) is 0 Å². The van der Waals surface area contributed by atoms with E-state index in [0.29, 0.717) is 6.04 Å². The van der Waals surface area contributed by atoms with Crippen LogP contribution in [-0.2, 0) is 9.47 Å². The fourth-order valence-electron chi connectivity index (χ4n) is 5.17. The van der Waals surface area contributed by atoms with Crippen LogP contribution in [0.5, 0.6) is 0 Å². The fourth-order valence-corrected chi connectivity index (χ4v) is 5.17. The number of ether oxygens (including phenoxy) is 2. The van der Waals surface area contributed by atoms with Gasteiger partial charge in [-0.15, -0.1) is 0 Å². The quantitative estimate of drug-likeness (QED) is 0.0523. The highest BCUT2D eigenvalue weighted by Gasteiger charge is 2.11. The van der Waals surface area contributed by atoms with Crippen molar-refractivity contribution < 1.29 is 9.47 Å². The summed E-state index contributed by atoms with van der Waals surface area (Å²) in [4.78, 5) is 2.25. The van der Waals surface area contributed by atoms with Crippen molar-refractivity contribution in [2.75, 3.05) is 40.5 Å². The normalized spacial score (nSPS) is 12.6. The standard InChI is InChI=1S/C41H77NO2/c1-5-7-9-11-13-15-17-19-21-23-25-27-29-31-33-35-37-43-39-41(42(3)4)40-44-38-36-34-32-30-28-26-24-22-20-18-16-14-12-10-8-6-2/h13-16,19-22,41H,5-12,17-18,23-40H2,1-4H3/b15-13-,16-14-,21-19-,22-20-. The van der Waals surface area contributed by atoms with E-state index in [-0.39, 0.29) is 0 Å². The molecule has 0 aromatic rings. The van der Waals surface area contributed by atoms with E-state index in [1.54, 1.807) is 0 Å². The minimum absolute atomic E-state index is 0.351. The highest BCUT2D eigenvalue weighted by atomic mass is 16.5. The number of nitrogens with zero attached hydrogens (tertiary/aromatic N) is 1. The van der Waals surface area contributed by atoms with Crippen LogP contribution in [-0.4, -0.2) is 51.5 Å². The number of likely N-dealkylation sites (N-methyl/N-ethyl adjacent to an activating group) is 1. The van der Waals surface area contributed by atoms with Gasteiger partial charge in [-0.1, -0.05) is 140 Å². The highest BCUT2D eigenvalue weighted by Crippen LogP contribution is 2.10. The second-order valence-electron chi connectivity index (χ2n) is 12.9. The van der Waals surface area contributed by atoms with Gasteiger partial charge in [0.05, 0.1) is 19.3 Å². The molecule has 0 unspecified atom stereocenters. The average molecular weight is 616 g/mol. The molecule has 0 saturated heterocycles. The van der Waals surface area contributed by atoms with Crippen LogP contribution >= 0.6 is 0 Å². The molecule has 0 N–H and O–H groups in total. The monoisotopic (exact) mass is 616 g/mol. The lowest BCUT2D eigenvalue weighted by atomic mass is 10.1. The number of hydrogen-bond acceptors (Lipinski definition) is 3. The molecule has 0 aliphatic rings. The molecule has 0 fully saturated rings. The average Bonchev–Trinajstić information content (AvgIpc) is 3.02. The third-order valence-electron chi connectivity index (χ3n) is 8.33. The Morgan fingerprint density at radius 2 is 0.727 bits per heavy atom. The van der Waals surface area contributed by atoms with E-state index in [1.807, 2.05) is 0 Å². The zero-order valence-electron chi connectivity index (χ0n) is 30.3. The molecule has 0 aromatic carbocycles. The van der Waals surface area contributed by atoms with Crippen molar-refractivity contribution in [3.8, 4) is 0 Å². The van der Waals surface area contributed by atoms with Crippen LogP contribution in [0, 0.1) is 0 Å². The minimum atomic E-state index is 0.351. The fraction of sp³-hybridized carbons (Fsp3) is 0.805. The Labute approximate surface area is 277 Å². The predicted molar refractivity (Wildman–Crippen MR) is 198 cm³/mol. The van der Waals surface area contributed by atoms with Crippen molar-refractivity contribution in [1.82, 2.24) is 4.90 Å². The first kappa shape index (κ1) is 42.8. The highest BCUT2D eigenvalue weighted by molar-refractivity contribution is 4.93. The van der Waals surface area contributed by atoms with Gasteiger partial charge in [-0.25, -0.2) is 0 Å². The summed E-state index contributed by atoms with van der Waals surface area (Å²) in [6, 6.07) is 0.351. The number of rotatable bonds is 35. The SMILES string of the molecule is CCCCC/C=C\C/C=C\CCCCCCCCOCC(COCCCCCCCC/C=C\C/C=C\CCCCC)N(C)C. The molecule has 0 bridgehead atoms. The molecule has 44 heavy (non-hydrogen) atoms. The van der Waals surface area contributed by atoms with Crippen molar-refractivity contribution in [3.63, 3.8) is 0 Å². The van der Waals surface area contributed by atoms with Gasteiger partial charge in [-0.2, -0.15) is 0 Å². The largest absolute Gasteiger partial charge is 0.380 e. The maximum atomic E-state index is 6.02. The number of unbranched alkanes of at least 4 members (excludes halogenated alkanes) is 18. The first-order valence-corrected chi connectivity index (χ1v) is 19.1. The van der Waals surface area contributed by atoms with E-state index >= 15 is 0 Å². The van der Waals surface area contributed by atoms with Crippen molar-refractivity contribution in [3.05, 3.63) is 48.6 Å². The molecule has 0 spiro atoms. The molecule has 0 heterocycles. The maximum Gasteiger partial charge on any atom is 0.0644 e. The van der Waals surface area contributed by atoms with E-state index in [9.17, 15) is 0 Å². The summed E-state index contributed by atoms with van der Waals surface area (Å²) < 4.78 is 12.0. The zero-order valence-corrected chi connectivity index (χ0v) is 30.3. The van der Waals surface area contributed by atoms with Gasteiger partial charge in [-0.3, -0.25) is 0 Å². The van der Waals surface area contributed by atoms with Crippen LogP contribution in [0.1, 0.15) is 168 Å². The lowest BCUT2D eigenvalue weighted by Gasteiger charge is -2.24. The Balaban J connectivity index is 3.48. The summed E-state index contributed by atoms with van der Waals surface area (Å²) in [7, 11) is 4.27. The van der Waals surface area contributed by atoms with Gasteiger partial charge < -0.3 is 14.4 Å². The molecule has 0 rings (SSSR count). The Hall–Kier alpha value is -1.16. The van der Waals surface area contributed by atoms with Crippen LogP contribution in [0.15, 0.2) is 48.6 Å². The Morgan fingerprint density at radius 3 is 1.07 bits per heavy atom. The maximum absolute atomic E-state index is 6.02. The third kappa shape index (κ3) is 35.3. The summed E-state index contributed by atoms with van der Waals surface area (Å²) in [5.74, 6) is 0. The Bertz CT molecular complexity index is 599. The van der Waals surface area contributed by atoms with Crippen LogP contribution < -0.4 is 0 Å². The van der Waals surface area contributed by atoms with Crippen LogP contribution in [0.3, 0.4) is 0 Å². The molecule has 0 aliphatic carbocycles. The van der Waals surface area contributed by atoms with E-state index in [4.69, 9.17) is 9.47 Å². The molecule has 3 nitrogen and oxygen atoms in total. The predicted octanol–water partition coefficient (Wildman–Crippen LogP) is 12.6. The number of allylic oxidation sites excluding steroid dienone is 8. The summed E-state index contributed by atoms with van der Waals surface area (Å²) in [5, 5.41) is 0. The van der Waals surface area contributed by atoms with Crippen molar-refractivity contribution in [2.45, 2.75) is 174 Å². The molecule has 0 aliphatic heterocycles. The van der Waals surface area contributed by atoms with E-state index in [2.05, 4.69) is 81.5 Å². The molecular weight excluding hydrogens is 538 g/mol. The molecule has 0 saturated carbocycles. The molecule has 0 aromatic heterocycles. The molecular formula is C41H77NO2. The van der Waals surface area contributed by atoms with Gasteiger partial charge in [0, 0.05) is 13.2 Å².